The first-order chi connectivity index (χ1) is 7.67. The average Bonchev–Trinajstić information content (AvgIpc) is 2.29. The van der Waals surface area contributed by atoms with E-state index in [2.05, 4.69) is 36.9 Å². The van der Waals surface area contributed by atoms with E-state index in [1.54, 1.807) is 0 Å². The molecule has 16 heavy (non-hydrogen) atoms. The molecule has 1 aliphatic heterocycles. The average molecular weight is 222 g/mol. The normalized spacial score (nSPS) is 26.0. The molecule has 0 aliphatic carbocycles. The van der Waals surface area contributed by atoms with Gasteiger partial charge in [0.05, 0.1) is 6.04 Å². The van der Waals surface area contributed by atoms with Crippen molar-refractivity contribution in [2.24, 2.45) is 5.92 Å². The van der Waals surface area contributed by atoms with Crippen LogP contribution in [0.4, 0.5) is 0 Å². The van der Waals surface area contributed by atoms with Crippen molar-refractivity contribution in [1.29, 1.82) is 0 Å². The Balaban J connectivity index is 2.38. The zero-order valence-electron chi connectivity index (χ0n) is 11.0. The first kappa shape index (κ1) is 13.5. The number of nitrogens with one attached hydrogen (secondary N) is 1. The molecule has 0 bridgehead atoms. The monoisotopic (exact) mass is 222 g/mol. The third kappa shape index (κ3) is 4.15. The molecule has 3 atom stereocenters. The van der Waals surface area contributed by atoms with Crippen LogP contribution in [0.3, 0.4) is 0 Å². The Bertz CT molecular complexity index is 229. The molecule has 1 fully saturated rings. The van der Waals surface area contributed by atoms with Crippen molar-refractivity contribution in [3.63, 3.8) is 0 Å². The van der Waals surface area contributed by atoms with Gasteiger partial charge in [0.25, 0.3) is 0 Å². The van der Waals surface area contributed by atoms with Gasteiger partial charge in [-0.15, -0.1) is 6.42 Å². The molecule has 0 saturated carbocycles. The summed E-state index contributed by atoms with van der Waals surface area (Å²) in [5.74, 6) is 3.51. The predicted molar refractivity (Wildman–Crippen MR) is 70.3 cm³/mol. The van der Waals surface area contributed by atoms with E-state index in [1.165, 1.54) is 38.9 Å². The van der Waals surface area contributed by atoms with Crippen LogP contribution in [0.1, 0.15) is 40.0 Å². The van der Waals surface area contributed by atoms with Crippen molar-refractivity contribution in [2.45, 2.75) is 52.1 Å². The smallest absolute Gasteiger partial charge is 0.0660 e. The molecule has 1 N–H and O–H groups in total. The molecule has 0 amide bonds. The summed E-state index contributed by atoms with van der Waals surface area (Å²) >= 11 is 0. The van der Waals surface area contributed by atoms with E-state index in [1.807, 2.05) is 0 Å². The van der Waals surface area contributed by atoms with Gasteiger partial charge in [0.1, 0.15) is 0 Å². The molecule has 2 nitrogen and oxygen atoms in total. The van der Waals surface area contributed by atoms with Gasteiger partial charge in [-0.1, -0.05) is 12.8 Å². The summed E-state index contributed by atoms with van der Waals surface area (Å²) in [6.07, 6.45) is 9.33. The van der Waals surface area contributed by atoms with Crippen molar-refractivity contribution in [3.8, 4) is 12.3 Å². The van der Waals surface area contributed by atoms with Crippen molar-refractivity contribution in [1.82, 2.24) is 10.2 Å². The van der Waals surface area contributed by atoms with E-state index >= 15 is 0 Å². The summed E-state index contributed by atoms with van der Waals surface area (Å²) in [5.41, 5.74) is 0. The molecular formula is C14H26N2. The first-order valence-electron chi connectivity index (χ1n) is 6.62. The third-order valence-electron chi connectivity index (χ3n) is 3.55. The fraction of sp³-hybridized carbons (Fsp3) is 0.857. The summed E-state index contributed by atoms with van der Waals surface area (Å²) in [7, 11) is 0. The molecular weight excluding hydrogens is 196 g/mol. The number of piperidine rings is 1. The molecule has 0 spiro atoms. The molecule has 2 heteroatoms. The first-order valence-corrected chi connectivity index (χ1v) is 6.62. The zero-order valence-corrected chi connectivity index (χ0v) is 11.0. The van der Waals surface area contributed by atoms with Gasteiger partial charge >= 0.3 is 0 Å². The fourth-order valence-corrected chi connectivity index (χ4v) is 2.60. The van der Waals surface area contributed by atoms with Crippen LogP contribution >= 0.6 is 0 Å². The Morgan fingerprint density at radius 3 is 2.88 bits per heavy atom. The van der Waals surface area contributed by atoms with E-state index in [0.717, 1.165) is 5.92 Å². The van der Waals surface area contributed by atoms with Gasteiger partial charge in [-0.25, -0.2) is 0 Å². The summed E-state index contributed by atoms with van der Waals surface area (Å²) < 4.78 is 0. The van der Waals surface area contributed by atoms with Gasteiger partial charge in [-0.2, -0.15) is 0 Å². The Labute approximate surface area is 101 Å². The number of rotatable bonds is 5. The summed E-state index contributed by atoms with van der Waals surface area (Å²) in [6.45, 7) is 10.3. The van der Waals surface area contributed by atoms with Crippen molar-refractivity contribution in [2.75, 3.05) is 19.6 Å². The van der Waals surface area contributed by atoms with E-state index in [9.17, 15) is 0 Å². The summed E-state index contributed by atoms with van der Waals surface area (Å²) in [4.78, 5) is 2.59. The molecule has 0 radical (unpaired) electrons. The van der Waals surface area contributed by atoms with E-state index < -0.39 is 0 Å². The van der Waals surface area contributed by atoms with Crippen LogP contribution in [0.5, 0.6) is 0 Å². The highest BCUT2D eigenvalue weighted by molar-refractivity contribution is 4.97. The summed E-state index contributed by atoms with van der Waals surface area (Å²) in [6, 6.07) is 0.724. The van der Waals surface area contributed by atoms with E-state index in [0.29, 0.717) is 6.04 Å². The number of likely N-dealkylation sites (tertiary alicyclic amines) is 1. The topological polar surface area (TPSA) is 15.3 Å². The lowest BCUT2D eigenvalue weighted by Crippen LogP contribution is -2.46. The van der Waals surface area contributed by atoms with Crippen LogP contribution in [0.25, 0.3) is 0 Å². The third-order valence-corrected chi connectivity index (χ3v) is 3.55. The van der Waals surface area contributed by atoms with Crippen molar-refractivity contribution >= 4 is 0 Å². The SMILES string of the molecule is C#CC(C)NC(C)C1CCCN(CCC)C1. The molecule has 92 valence electrons. The highest BCUT2D eigenvalue weighted by Gasteiger charge is 2.24. The molecule has 0 aromatic rings. The van der Waals surface area contributed by atoms with Crippen molar-refractivity contribution in [3.05, 3.63) is 0 Å². The number of nitrogens with zero attached hydrogens (tertiary/aromatic N) is 1. The molecule has 1 rings (SSSR count). The fourth-order valence-electron chi connectivity index (χ4n) is 2.60. The summed E-state index contributed by atoms with van der Waals surface area (Å²) in [5, 5.41) is 3.50. The van der Waals surface area contributed by atoms with Crippen LogP contribution in [0.2, 0.25) is 0 Å². The Morgan fingerprint density at radius 2 is 2.25 bits per heavy atom. The second-order valence-corrected chi connectivity index (χ2v) is 5.05. The second-order valence-electron chi connectivity index (χ2n) is 5.05. The minimum atomic E-state index is 0.191. The van der Waals surface area contributed by atoms with Gasteiger partial charge in [0.15, 0.2) is 0 Å². The molecule has 1 heterocycles. The van der Waals surface area contributed by atoms with Crippen LogP contribution in [0, 0.1) is 18.3 Å². The Hall–Kier alpha value is -0.520. The molecule has 0 aromatic heterocycles. The molecule has 1 aliphatic rings. The predicted octanol–water partition coefficient (Wildman–Crippen LogP) is 2.11. The maximum Gasteiger partial charge on any atom is 0.0660 e. The lowest BCUT2D eigenvalue weighted by atomic mass is 9.91. The Morgan fingerprint density at radius 1 is 1.50 bits per heavy atom. The van der Waals surface area contributed by atoms with Crippen LogP contribution in [-0.4, -0.2) is 36.6 Å². The van der Waals surface area contributed by atoms with Gasteiger partial charge in [-0.05, 0) is 52.1 Å². The standard InChI is InChI=1S/C14H26N2/c1-5-9-16-10-7-8-14(11-16)13(4)15-12(3)6-2/h2,12-15H,5,7-11H2,1,3-4H3. The number of terminal acetylenes is 1. The van der Waals surface area contributed by atoms with E-state index in [-0.39, 0.29) is 6.04 Å². The quantitative estimate of drug-likeness (QED) is 0.717. The van der Waals surface area contributed by atoms with Gasteiger partial charge in [0, 0.05) is 12.6 Å². The minimum Gasteiger partial charge on any atom is -0.303 e. The number of hydrogen-bond donors (Lipinski definition) is 1. The minimum absolute atomic E-state index is 0.191. The lowest BCUT2D eigenvalue weighted by Gasteiger charge is -2.36. The maximum absolute atomic E-state index is 5.40. The van der Waals surface area contributed by atoms with Crippen LogP contribution in [-0.2, 0) is 0 Å². The highest BCUT2D eigenvalue weighted by Crippen LogP contribution is 2.20. The largest absolute Gasteiger partial charge is 0.303 e. The molecule has 3 unspecified atom stereocenters. The number of hydrogen-bond acceptors (Lipinski definition) is 2. The van der Waals surface area contributed by atoms with Gasteiger partial charge in [0.2, 0.25) is 0 Å². The molecule has 0 aromatic carbocycles. The Kier molecular flexibility index (Phi) is 5.87. The lowest BCUT2D eigenvalue weighted by molar-refractivity contribution is 0.150. The van der Waals surface area contributed by atoms with Crippen LogP contribution < -0.4 is 5.32 Å². The second kappa shape index (κ2) is 6.93. The van der Waals surface area contributed by atoms with Gasteiger partial charge < -0.3 is 10.2 Å². The highest BCUT2D eigenvalue weighted by atomic mass is 15.1. The molecule has 1 saturated heterocycles. The maximum atomic E-state index is 5.40. The zero-order chi connectivity index (χ0) is 12.0. The van der Waals surface area contributed by atoms with Crippen molar-refractivity contribution < 1.29 is 0 Å². The van der Waals surface area contributed by atoms with Crippen LogP contribution in [0.15, 0.2) is 0 Å². The van der Waals surface area contributed by atoms with E-state index in [4.69, 9.17) is 6.42 Å². The van der Waals surface area contributed by atoms with Gasteiger partial charge in [-0.3, -0.25) is 0 Å².